The van der Waals surface area contributed by atoms with Crippen LogP contribution in [0, 0.1) is 0 Å². The molecule has 1 aliphatic rings. The van der Waals surface area contributed by atoms with Crippen molar-refractivity contribution in [2.75, 3.05) is 19.6 Å². The van der Waals surface area contributed by atoms with E-state index in [1.54, 1.807) is 0 Å². The predicted octanol–water partition coefficient (Wildman–Crippen LogP) is 3.38. The van der Waals surface area contributed by atoms with Gasteiger partial charge in [0.25, 0.3) is 0 Å². The molecule has 2 aromatic heterocycles. The normalized spacial score (nSPS) is 19.2. The summed E-state index contributed by atoms with van der Waals surface area (Å²) in [5.41, 5.74) is 3.40. The Morgan fingerprint density at radius 1 is 1.13 bits per heavy atom. The number of piperidine rings is 1. The van der Waals surface area contributed by atoms with Crippen molar-refractivity contribution in [1.29, 1.82) is 0 Å². The van der Waals surface area contributed by atoms with Crippen molar-refractivity contribution in [3.05, 3.63) is 60.2 Å². The lowest BCUT2D eigenvalue weighted by Gasteiger charge is -2.31. The number of aromatic amines is 1. The molecule has 4 rings (SSSR count). The average Bonchev–Trinajstić information content (AvgIpc) is 3.05. The highest BCUT2D eigenvalue weighted by molar-refractivity contribution is 5.74. The van der Waals surface area contributed by atoms with Crippen LogP contribution >= 0.6 is 0 Å². The monoisotopic (exact) mass is 306 g/mol. The van der Waals surface area contributed by atoms with Gasteiger partial charge in [-0.25, -0.2) is 4.98 Å². The number of fused-ring (bicyclic) bond motifs is 1. The Balaban J connectivity index is 1.42. The number of imidazole rings is 1. The van der Waals surface area contributed by atoms with Gasteiger partial charge in [-0.3, -0.25) is 4.98 Å². The van der Waals surface area contributed by atoms with Gasteiger partial charge < -0.3 is 9.88 Å². The van der Waals surface area contributed by atoms with Gasteiger partial charge in [0.05, 0.1) is 11.0 Å². The van der Waals surface area contributed by atoms with E-state index in [1.165, 1.54) is 25.1 Å². The number of pyridine rings is 1. The molecule has 1 fully saturated rings. The van der Waals surface area contributed by atoms with E-state index < -0.39 is 0 Å². The van der Waals surface area contributed by atoms with Crippen LogP contribution in [0.2, 0.25) is 0 Å². The zero-order chi connectivity index (χ0) is 15.5. The Kier molecular flexibility index (Phi) is 4.07. The van der Waals surface area contributed by atoms with Crippen molar-refractivity contribution in [2.45, 2.75) is 25.2 Å². The molecule has 3 heterocycles. The minimum atomic E-state index is 0.514. The summed E-state index contributed by atoms with van der Waals surface area (Å²) in [5, 5.41) is 0. The molecule has 1 aromatic carbocycles. The van der Waals surface area contributed by atoms with E-state index in [4.69, 9.17) is 4.98 Å². The van der Waals surface area contributed by atoms with Crippen LogP contribution in [0.3, 0.4) is 0 Å². The van der Waals surface area contributed by atoms with E-state index in [1.807, 2.05) is 18.3 Å². The third-order valence-corrected chi connectivity index (χ3v) is 4.71. The lowest BCUT2D eigenvalue weighted by molar-refractivity contribution is 0.206. The Morgan fingerprint density at radius 3 is 2.91 bits per heavy atom. The molecular formula is C19H22N4. The quantitative estimate of drug-likeness (QED) is 0.803. The highest BCUT2D eigenvalue weighted by Gasteiger charge is 2.23. The lowest BCUT2D eigenvalue weighted by Crippen LogP contribution is -2.36. The Labute approximate surface area is 136 Å². The number of H-pyrrole nitrogens is 1. The van der Waals surface area contributed by atoms with E-state index in [-0.39, 0.29) is 0 Å². The van der Waals surface area contributed by atoms with Crippen molar-refractivity contribution in [3.8, 4) is 0 Å². The first-order valence-electron chi connectivity index (χ1n) is 8.45. The molecule has 1 N–H and O–H groups in total. The summed E-state index contributed by atoms with van der Waals surface area (Å²) in [6.07, 6.45) is 5.36. The van der Waals surface area contributed by atoms with Crippen LogP contribution < -0.4 is 0 Å². The number of para-hydroxylation sites is 2. The van der Waals surface area contributed by atoms with E-state index in [9.17, 15) is 0 Å². The number of aromatic nitrogens is 3. The van der Waals surface area contributed by atoms with Gasteiger partial charge in [0.2, 0.25) is 0 Å². The molecule has 0 bridgehead atoms. The van der Waals surface area contributed by atoms with Crippen molar-refractivity contribution in [1.82, 2.24) is 19.9 Å². The van der Waals surface area contributed by atoms with E-state index in [0.717, 1.165) is 36.4 Å². The molecule has 0 aliphatic carbocycles. The van der Waals surface area contributed by atoms with Crippen molar-refractivity contribution >= 4 is 11.0 Å². The highest BCUT2D eigenvalue weighted by Crippen LogP contribution is 2.26. The van der Waals surface area contributed by atoms with Crippen molar-refractivity contribution < 1.29 is 0 Å². The molecule has 0 spiro atoms. The summed E-state index contributed by atoms with van der Waals surface area (Å²) in [7, 11) is 0. The number of nitrogens with zero attached hydrogens (tertiary/aromatic N) is 3. The topological polar surface area (TPSA) is 44.8 Å². The smallest absolute Gasteiger partial charge is 0.111 e. The number of nitrogens with one attached hydrogen (secondary N) is 1. The van der Waals surface area contributed by atoms with E-state index >= 15 is 0 Å². The largest absolute Gasteiger partial charge is 0.342 e. The zero-order valence-corrected chi connectivity index (χ0v) is 13.3. The molecular weight excluding hydrogens is 284 g/mol. The second-order valence-corrected chi connectivity index (χ2v) is 6.35. The number of hydrogen-bond donors (Lipinski definition) is 1. The van der Waals surface area contributed by atoms with Gasteiger partial charge in [0.15, 0.2) is 0 Å². The van der Waals surface area contributed by atoms with E-state index in [0.29, 0.717) is 5.92 Å². The van der Waals surface area contributed by atoms with Crippen LogP contribution in [0.25, 0.3) is 11.0 Å². The standard InChI is InChI=1S/C19H22N4/c1-2-9-18-17(8-1)21-19(22-18)15-6-5-12-23(14-15)13-10-16-7-3-4-11-20-16/h1-4,7-9,11,15H,5-6,10,12-14H2,(H,21,22). The molecule has 1 atom stereocenters. The van der Waals surface area contributed by atoms with Gasteiger partial charge in [-0.15, -0.1) is 0 Å². The van der Waals surface area contributed by atoms with Crippen LogP contribution in [-0.4, -0.2) is 39.5 Å². The minimum Gasteiger partial charge on any atom is -0.342 e. The van der Waals surface area contributed by atoms with Crippen LogP contribution in [-0.2, 0) is 6.42 Å². The summed E-state index contributed by atoms with van der Waals surface area (Å²) in [6, 6.07) is 14.4. The summed E-state index contributed by atoms with van der Waals surface area (Å²) >= 11 is 0. The number of hydrogen-bond acceptors (Lipinski definition) is 3. The molecule has 4 nitrogen and oxygen atoms in total. The van der Waals surface area contributed by atoms with E-state index in [2.05, 4.69) is 45.2 Å². The molecule has 23 heavy (non-hydrogen) atoms. The average molecular weight is 306 g/mol. The number of likely N-dealkylation sites (tertiary alicyclic amines) is 1. The predicted molar refractivity (Wildman–Crippen MR) is 92.4 cm³/mol. The molecule has 4 heteroatoms. The van der Waals surface area contributed by atoms with Gasteiger partial charge in [-0.05, 0) is 43.7 Å². The summed E-state index contributed by atoms with van der Waals surface area (Å²) in [6.45, 7) is 3.35. The Hall–Kier alpha value is -2.20. The fourth-order valence-electron chi connectivity index (χ4n) is 3.47. The second-order valence-electron chi connectivity index (χ2n) is 6.35. The third-order valence-electron chi connectivity index (χ3n) is 4.71. The van der Waals surface area contributed by atoms with Crippen LogP contribution in [0.1, 0.15) is 30.3 Å². The maximum absolute atomic E-state index is 4.79. The van der Waals surface area contributed by atoms with Gasteiger partial charge in [-0.1, -0.05) is 18.2 Å². The summed E-state index contributed by atoms with van der Waals surface area (Å²) in [5.74, 6) is 1.66. The fraction of sp³-hybridized carbons (Fsp3) is 0.368. The molecule has 1 saturated heterocycles. The maximum Gasteiger partial charge on any atom is 0.111 e. The van der Waals surface area contributed by atoms with Gasteiger partial charge in [0, 0.05) is 37.3 Å². The molecule has 0 radical (unpaired) electrons. The van der Waals surface area contributed by atoms with Crippen molar-refractivity contribution in [3.63, 3.8) is 0 Å². The van der Waals surface area contributed by atoms with Gasteiger partial charge in [0.1, 0.15) is 5.82 Å². The molecule has 1 unspecified atom stereocenters. The van der Waals surface area contributed by atoms with Gasteiger partial charge in [-0.2, -0.15) is 0 Å². The van der Waals surface area contributed by atoms with Gasteiger partial charge >= 0.3 is 0 Å². The number of rotatable bonds is 4. The second kappa shape index (κ2) is 6.50. The molecule has 3 aromatic rings. The number of benzene rings is 1. The van der Waals surface area contributed by atoms with Crippen LogP contribution in [0.15, 0.2) is 48.7 Å². The first-order valence-corrected chi connectivity index (χ1v) is 8.45. The van der Waals surface area contributed by atoms with Crippen molar-refractivity contribution in [2.24, 2.45) is 0 Å². The molecule has 118 valence electrons. The summed E-state index contributed by atoms with van der Waals surface area (Å²) < 4.78 is 0. The summed E-state index contributed by atoms with van der Waals surface area (Å²) in [4.78, 5) is 15.3. The first-order chi connectivity index (χ1) is 11.4. The molecule has 0 saturated carbocycles. The minimum absolute atomic E-state index is 0.514. The first kappa shape index (κ1) is 14.4. The Bertz CT molecular complexity index is 732. The highest BCUT2D eigenvalue weighted by atomic mass is 15.1. The van der Waals surface area contributed by atoms with Crippen LogP contribution in [0.4, 0.5) is 0 Å². The Morgan fingerprint density at radius 2 is 2.04 bits per heavy atom. The van der Waals surface area contributed by atoms with Crippen LogP contribution in [0.5, 0.6) is 0 Å². The molecule has 0 amide bonds. The maximum atomic E-state index is 4.79. The lowest BCUT2D eigenvalue weighted by atomic mass is 9.97. The SMILES string of the molecule is c1ccc(CCN2CCCC(c3nc4ccccc4[nH]3)C2)nc1. The third kappa shape index (κ3) is 3.27. The molecule has 1 aliphatic heterocycles. The fourth-order valence-corrected chi connectivity index (χ4v) is 3.47. The zero-order valence-electron chi connectivity index (χ0n) is 13.3.